The van der Waals surface area contributed by atoms with Crippen molar-refractivity contribution in [2.75, 3.05) is 0 Å². The first-order valence-electron chi connectivity index (χ1n) is 10.0. The maximum atomic E-state index is 12.6. The first-order valence-corrected chi connectivity index (χ1v) is 10.8. The molecule has 6 nitrogen and oxygen atoms in total. The maximum absolute atomic E-state index is 12.6. The molecule has 1 aromatic carbocycles. The number of aryl methyl sites for hydroxylation is 1. The van der Waals surface area contributed by atoms with Crippen LogP contribution in [0.3, 0.4) is 0 Å². The summed E-state index contributed by atoms with van der Waals surface area (Å²) in [7, 11) is 1.77. The fourth-order valence-corrected chi connectivity index (χ4v) is 4.49. The molecule has 0 aliphatic heterocycles. The molecule has 5 rings (SSSR count). The van der Waals surface area contributed by atoms with Crippen LogP contribution in [0.2, 0.25) is 0 Å². The van der Waals surface area contributed by atoms with Gasteiger partial charge in [-0.3, -0.25) is 4.79 Å². The van der Waals surface area contributed by atoms with E-state index in [2.05, 4.69) is 31.1 Å². The van der Waals surface area contributed by atoms with E-state index in [0.717, 1.165) is 22.4 Å². The molecule has 2 fully saturated rings. The number of aromatic nitrogens is 4. The molecule has 7 heteroatoms. The lowest BCUT2D eigenvalue weighted by Crippen LogP contribution is -2.17. The Labute approximate surface area is 174 Å². The minimum absolute atomic E-state index is 0.00974. The predicted molar refractivity (Wildman–Crippen MR) is 118 cm³/mol. The van der Waals surface area contributed by atoms with Crippen molar-refractivity contribution < 1.29 is 0 Å². The number of hydrogen-bond acceptors (Lipinski definition) is 5. The van der Waals surface area contributed by atoms with Crippen molar-refractivity contribution in [3.63, 3.8) is 0 Å². The van der Waals surface area contributed by atoms with E-state index in [9.17, 15) is 4.79 Å². The maximum Gasteiger partial charge on any atom is 0.258 e. The molecule has 29 heavy (non-hydrogen) atoms. The van der Waals surface area contributed by atoms with Crippen LogP contribution in [0.25, 0.3) is 10.8 Å². The Bertz CT molecular complexity index is 1200. The van der Waals surface area contributed by atoms with Gasteiger partial charge in [0.1, 0.15) is 11.4 Å². The number of benzene rings is 1. The van der Waals surface area contributed by atoms with Gasteiger partial charge in [0.05, 0.1) is 12.2 Å². The summed E-state index contributed by atoms with van der Waals surface area (Å²) in [6.45, 7) is 6.40. The number of pyridine rings is 1. The van der Waals surface area contributed by atoms with Crippen molar-refractivity contribution >= 4 is 28.4 Å². The first-order chi connectivity index (χ1) is 13.8. The minimum atomic E-state index is -0.0312. The third kappa shape index (κ3) is 3.31. The van der Waals surface area contributed by atoms with Crippen LogP contribution in [0.5, 0.6) is 0 Å². The summed E-state index contributed by atoms with van der Waals surface area (Å²) >= 11 is 1.52. The molecule has 1 spiro atoms. The molecule has 150 valence electrons. The largest absolute Gasteiger partial charge is 0.318 e. The molecule has 2 aliphatic carbocycles. The molecule has 0 amide bonds. The van der Waals surface area contributed by atoms with Crippen molar-refractivity contribution in [2.45, 2.75) is 50.8 Å². The van der Waals surface area contributed by atoms with Crippen LogP contribution in [0, 0.1) is 5.41 Å². The third-order valence-electron chi connectivity index (χ3n) is 5.90. The lowest BCUT2D eigenvalue weighted by Gasteiger charge is -2.15. The zero-order valence-electron chi connectivity index (χ0n) is 17.2. The van der Waals surface area contributed by atoms with Gasteiger partial charge in [-0.1, -0.05) is 17.3 Å². The lowest BCUT2D eigenvalue weighted by molar-refractivity contribution is 0.561. The van der Waals surface area contributed by atoms with E-state index >= 15 is 0 Å². The van der Waals surface area contributed by atoms with Crippen molar-refractivity contribution in [1.82, 2.24) is 19.6 Å². The van der Waals surface area contributed by atoms with Gasteiger partial charge in [0.2, 0.25) is 0 Å². The number of nitrogens with zero attached hydrogens (tertiary/aromatic N) is 5. The van der Waals surface area contributed by atoms with Crippen LogP contribution in [-0.2, 0) is 7.05 Å². The van der Waals surface area contributed by atoms with Gasteiger partial charge in [-0.15, -0.1) is 5.10 Å². The van der Waals surface area contributed by atoms with Gasteiger partial charge in [0.25, 0.3) is 5.56 Å². The molecule has 2 aromatic heterocycles. The summed E-state index contributed by atoms with van der Waals surface area (Å²) in [5, 5.41) is 10.5. The van der Waals surface area contributed by atoms with Gasteiger partial charge in [-0.25, -0.2) is 9.08 Å². The second-order valence-electron chi connectivity index (χ2n) is 9.31. The highest BCUT2D eigenvalue weighted by Crippen LogP contribution is 2.72. The molecule has 0 saturated heterocycles. The Kier molecular flexibility index (Phi) is 4.04. The van der Waals surface area contributed by atoms with Gasteiger partial charge < -0.3 is 4.57 Å². The fraction of sp³-hybridized carbons (Fsp3) is 0.455. The van der Waals surface area contributed by atoms with E-state index < -0.39 is 0 Å². The standard InChI is InChI=1S/C22H25N5OS/c1-21(2,3)29-24-19(17-13-27(25-23-17)18-12-22(18)9-10-22)15-6-5-7-16-14(15)8-11-26(4)20(16)28/h5-8,11,13,18H,9-10,12H2,1-4H3/b24-19+/t18-/m1/s1. The Hall–Kier alpha value is -2.41. The number of fused-ring (bicyclic) bond motifs is 1. The number of hydrogen-bond donors (Lipinski definition) is 0. The van der Waals surface area contributed by atoms with Crippen molar-refractivity contribution in [3.05, 3.63) is 58.3 Å². The second-order valence-corrected chi connectivity index (χ2v) is 10.9. The highest BCUT2D eigenvalue weighted by molar-refractivity contribution is 7.99. The Morgan fingerprint density at radius 2 is 2.03 bits per heavy atom. The van der Waals surface area contributed by atoms with Gasteiger partial charge in [-0.2, -0.15) is 0 Å². The van der Waals surface area contributed by atoms with Crippen LogP contribution in [0.15, 0.2) is 45.9 Å². The average Bonchev–Trinajstić information content (AvgIpc) is 3.56. The minimum Gasteiger partial charge on any atom is -0.318 e. The van der Waals surface area contributed by atoms with Gasteiger partial charge in [-0.05, 0) is 74.9 Å². The van der Waals surface area contributed by atoms with E-state index in [1.807, 2.05) is 35.1 Å². The Balaban J connectivity index is 1.63. The summed E-state index contributed by atoms with van der Waals surface area (Å²) in [5.74, 6) is 0. The van der Waals surface area contributed by atoms with Gasteiger partial charge in [0.15, 0.2) is 0 Å². The quantitative estimate of drug-likeness (QED) is 0.482. The van der Waals surface area contributed by atoms with E-state index in [0.29, 0.717) is 16.8 Å². The van der Waals surface area contributed by atoms with Gasteiger partial charge >= 0.3 is 0 Å². The van der Waals surface area contributed by atoms with Gasteiger partial charge in [0, 0.05) is 28.9 Å². The lowest BCUT2D eigenvalue weighted by atomic mass is 10.0. The monoisotopic (exact) mass is 407 g/mol. The highest BCUT2D eigenvalue weighted by atomic mass is 32.2. The second kappa shape index (κ2) is 6.29. The molecule has 0 radical (unpaired) electrons. The summed E-state index contributed by atoms with van der Waals surface area (Å²) in [5.41, 5.74) is 2.96. The average molecular weight is 408 g/mol. The van der Waals surface area contributed by atoms with Crippen molar-refractivity contribution in [2.24, 2.45) is 16.9 Å². The molecular weight excluding hydrogens is 382 g/mol. The Morgan fingerprint density at radius 3 is 2.72 bits per heavy atom. The Morgan fingerprint density at radius 1 is 1.24 bits per heavy atom. The highest BCUT2D eigenvalue weighted by Gasteiger charge is 2.64. The molecule has 3 aromatic rings. The fourth-order valence-electron chi connectivity index (χ4n) is 3.93. The SMILES string of the molecule is Cn1ccc2c(/C(=N\SC(C)(C)C)c3cn([C@@H]4CC45CC5)nn3)cccc2c1=O. The first kappa shape index (κ1) is 18.6. The topological polar surface area (TPSA) is 65.1 Å². The van der Waals surface area contributed by atoms with Crippen LogP contribution < -0.4 is 5.56 Å². The van der Waals surface area contributed by atoms with Crippen LogP contribution >= 0.6 is 11.9 Å². The molecule has 2 saturated carbocycles. The molecule has 2 aliphatic rings. The zero-order chi connectivity index (χ0) is 20.4. The summed E-state index contributed by atoms with van der Waals surface area (Å²) in [6, 6.07) is 8.27. The van der Waals surface area contributed by atoms with Crippen molar-refractivity contribution in [3.8, 4) is 0 Å². The smallest absolute Gasteiger partial charge is 0.258 e. The molecule has 1 atom stereocenters. The van der Waals surface area contributed by atoms with Crippen LogP contribution in [0.4, 0.5) is 0 Å². The molecular formula is C22H25N5OS. The van der Waals surface area contributed by atoms with Crippen molar-refractivity contribution in [1.29, 1.82) is 0 Å². The van der Waals surface area contributed by atoms with E-state index in [4.69, 9.17) is 4.40 Å². The van der Waals surface area contributed by atoms with E-state index in [1.165, 1.54) is 31.2 Å². The normalized spacial score (nSPS) is 20.4. The summed E-state index contributed by atoms with van der Waals surface area (Å²) in [4.78, 5) is 12.6. The molecule has 0 N–H and O–H groups in total. The zero-order valence-corrected chi connectivity index (χ0v) is 18.0. The van der Waals surface area contributed by atoms with E-state index in [-0.39, 0.29) is 10.3 Å². The number of rotatable bonds is 4. The van der Waals surface area contributed by atoms with E-state index in [1.54, 1.807) is 17.8 Å². The predicted octanol–water partition coefficient (Wildman–Crippen LogP) is 4.14. The molecule has 0 unspecified atom stereocenters. The third-order valence-corrected chi connectivity index (χ3v) is 6.72. The van der Waals surface area contributed by atoms with Crippen LogP contribution in [-0.4, -0.2) is 30.0 Å². The molecule has 0 bridgehead atoms. The summed E-state index contributed by atoms with van der Waals surface area (Å²) < 4.78 is 8.48. The molecule has 2 heterocycles. The van der Waals surface area contributed by atoms with Crippen LogP contribution in [0.1, 0.15) is 57.3 Å². The summed E-state index contributed by atoms with van der Waals surface area (Å²) in [6.07, 6.45) is 7.66.